The van der Waals surface area contributed by atoms with E-state index in [0.717, 1.165) is 44.7 Å². The fourth-order valence-corrected chi connectivity index (χ4v) is 3.30. The highest BCUT2D eigenvalue weighted by molar-refractivity contribution is 5.76. The van der Waals surface area contributed by atoms with E-state index in [0.29, 0.717) is 12.3 Å². The summed E-state index contributed by atoms with van der Waals surface area (Å²) in [6.07, 6.45) is 11.0. The zero-order chi connectivity index (χ0) is 16.8. The van der Waals surface area contributed by atoms with Crippen molar-refractivity contribution in [2.45, 2.75) is 38.1 Å². The van der Waals surface area contributed by atoms with Crippen LogP contribution in [0.5, 0.6) is 0 Å². The van der Waals surface area contributed by atoms with E-state index in [9.17, 15) is 4.79 Å². The summed E-state index contributed by atoms with van der Waals surface area (Å²) in [5.74, 6) is 1.56. The molecule has 1 fully saturated rings. The van der Waals surface area contributed by atoms with Gasteiger partial charge in [-0.2, -0.15) is 0 Å². The van der Waals surface area contributed by atoms with Crippen molar-refractivity contribution < 1.29 is 4.79 Å². The number of rotatable bonds is 6. The van der Waals surface area contributed by atoms with E-state index in [1.54, 1.807) is 12.5 Å². The Morgan fingerprint density at radius 3 is 3.12 bits per heavy atom. The fraction of sp³-hybridized carbons (Fsp3) is 0.500. The number of aromatic nitrogens is 3. The molecule has 3 rings (SSSR count). The first kappa shape index (κ1) is 16.5. The highest BCUT2D eigenvalue weighted by Crippen LogP contribution is 2.28. The van der Waals surface area contributed by atoms with Gasteiger partial charge < -0.3 is 14.8 Å². The maximum absolute atomic E-state index is 12.5. The molecular formula is C18H25N5O. The molecular weight excluding hydrogens is 302 g/mol. The molecule has 6 heteroatoms. The molecule has 1 saturated heterocycles. The maximum Gasteiger partial charge on any atom is 0.222 e. The molecule has 1 N–H and O–H groups in total. The summed E-state index contributed by atoms with van der Waals surface area (Å²) in [6.45, 7) is 2.54. The van der Waals surface area contributed by atoms with Crippen LogP contribution < -0.4 is 5.32 Å². The van der Waals surface area contributed by atoms with Crippen LogP contribution in [-0.2, 0) is 11.3 Å². The van der Waals surface area contributed by atoms with Gasteiger partial charge in [-0.25, -0.2) is 9.97 Å². The third kappa shape index (κ3) is 4.13. The second-order valence-electron chi connectivity index (χ2n) is 6.31. The van der Waals surface area contributed by atoms with E-state index in [1.807, 2.05) is 28.9 Å². The number of piperidine rings is 1. The minimum atomic E-state index is 0.266. The van der Waals surface area contributed by atoms with Crippen LogP contribution >= 0.6 is 0 Å². The molecule has 6 nitrogen and oxygen atoms in total. The lowest BCUT2D eigenvalue weighted by molar-refractivity contribution is -0.132. The number of imidazole rings is 1. The van der Waals surface area contributed by atoms with Crippen molar-refractivity contribution in [3.8, 4) is 0 Å². The van der Waals surface area contributed by atoms with E-state index in [1.165, 1.54) is 5.56 Å². The smallest absolute Gasteiger partial charge is 0.222 e. The molecule has 2 aromatic heterocycles. The highest BCUT2D eigenvalue weighted by Gasteiger charge is 2.24. The number of aryl methyl sites for hydroxylation is 1. The molecule has 0 bridgehead atoms. The van der Waals surface area contributed by atoms with Gasteiger partial charge in [-0.05, 0) is 37.0 Å². The lowest BCUT2D eigenvalue weighted by Gasteiger charge is -2.33. The predicted octanol–water partition coefficient (Wildman–Crippen LogP) is 2.51. The monoisotopic (exact) mass is 327 g/mol. The number of anilines is 1. The number of hydrogen-bond acceptors (Lipinski definition) is 4. The molecule has 128 valence electrons. The number of carbonyl (C=O) groups is 1. The normalized spacial score (nSPS) is 17.7. The average molecular weight is 327 g/mol. The van der Waals surface area contributed by atoms with Crippen LogP contribution in [0.3, 0.4) is 0 Å². The van der Waals surface area contributed by atoms with E-state index in [4.69, 9.17) is 0 Å². The summed E-state index contributed by atoms with van der Waals surface area (Å²) in [6, 6.07) is 4.16. The van der Waals surface area contributed by atoms with E-state index < -0.39 is 0 Å². The number of amides is 1. The minimum absolute atomic E-state index is 0.266. The molecule has 0 saturated carbocycles. The van der Waals surface area contributed by atoms with Crippen molar-refractivity contribution in [3.63, 3.8) is 0 Å². The molecule has 24 heavy (non-hydrogen) atoms. The second kappa shape index (κ2) is 7.95. The predicted molar refractivity (Wildman–Crippen MR) is 93.8 cm³/mol. The summed E-state index contributed by atoms with van der Waals surface area (Å²) in [5, 5.41) is 3.08. The van der Waals surface area contributed by atoms with Crippen LogP contribution in [0.25, 0.3) is 0 Å². The van der Waals surface area contributed by atoms with E-state index in [2.05, 4.69) is 27.4 Å². The lowest BCUT2D eigenvalue weighted by Crippen LogP contribution is -2.39. The van der Waals surface area contributed by atoms with Crippen LogP contribution in [-0.4, -0.2) is 45.5 Å². The SMILES string of the molecule is CNc1cc([C@H]2CCCN(C(=O)CCCn3ccnc3)C2)ccn1. The quantitative estimate of drug-likeness (QED) is 0.885. The van der Waals surface area contributed by atoms with Crippen LogP contribution in [0.4, 0.5) is 5.82 Å². The molecule has 0 aliphatic carbocycles. The Labute approximate surface area is 142 Å². The molecule has 1 atom stereocenters. The second-order valence-corrected chi connectivity index (χ2v) is 6.31. The Bertz CT molecular complexity index is 655. The van der Waals surface area contributed by atoms with Gasteiger partial charge in [-0.1, -0.05) is 0 Å². The van der Waals surface area contributed by atoms with Crippen molar-refractivity contribution >= 4 is 11.7 Å². The zero-order valence-electron chi connectivity index (χ0n) is 14.2. The van der Waals surface area contributed by atoms with E-state index >= 15 is 0 Å². The summed E-state index contributed by atoms with van der Waals surface area (Å²) in [4.78, 5) is 22.8. The Morgan fingerprint density at radius 1 is 1.42 bits per heavy atom. The zero-order valence-corrected chi connectivity index (χ0v) is 14.2. The number of likely N-dealkylation sites (tertiary alicyclic amines) is 1. The first-order valence-electron chi connectivity index (χ1n) is 8.63. The minimum Gasteiger partial charge on any atom is -0.373 e. The largest absolute Gasteiger partial charge is 0.373 e. The van der Waals surface area contributed by atoms with Crippen molar-refractivity contribution in [1.82, 2.24) is 19.4 Å². The maximum atomic E-state index is 12.5. The molecule has 2 aromatic rings. The Balaban J connectivity index is 1.53. The molecule has 0 radical (unpaired) electrons. The molecule has 1 aliphatic heterocycles. The highest BCUT2D eigenvalue weighted by atomic mass is 16.2. The Kier molecular flexibility index (Phi) is 5.46. The number of pyridine rings is 1. The fourth-order valence-electron chi connectivity index (χ4n) is 3.30. The molecule has 3 heterocycles. The van der Waals surface area contributed by atoms with Crippen molar-refractivity contribution in [3.05, 3.63) is 42.6 Å². The molecule has 0 aromatic carbocycles. The van der Waals surface area contributed by atoms with Crippen LogP contribution in [0.1, 0.15) is 37.2 Å². The Morgan fingerprint density at radius 2 is 2.33 bits per heavy atom. The number of hydrogen-bond donors (Lipinski definition) is 1. The van der Waals surface area contributed by atoms with Gasteiger partial charge >= 0.3 is 0 Å². The van der Waals surface area contributed by atoms with Crippen molar-refractivity contribution in [1.29, 1.82) is 0 Å². The molecule has 0 spiro atoms. The Hall–Kier alpha value is -2.37. The van der Waals surface area contributed by atoms with Gasteiger partial charge in [-0.15, -0.1) is 0 Å². The van der Waals surface area contributed by atoms with Crippen molar-refractivity contribution in [2.24, 2.45) is 0 Å². The third-order valence-corrected chi connectivity index (χ3v) is 4.65. The van der Waals surface area contributed by atoms with Gasteiger partial charge in [0.25, 0.3) is 0 Å². The van der Waals surface area contributed by atoms with Gasteiger partial charge in [0, 0.05) is 57.6 Å². The third-order valence-electron chi connectivity index (χ3n) is 4.65. The molecule has 1 aliphatic rings. The van der Waals surface area contributed by atoms with Crippen LogP contribution in [0.2, 0.25) is 0 Å². The van der Waals surface area contributed by atoms with Crippen LogP contribution in [0.15, 0.2) is 37.1 Å². The van der Waals surface area contributed by atoms with Crippen molar-refractivity contribution in [2.75, 3.05) is 25.5 Å². The molecule has 0 unspecified atom stereocenters. The van der Waals surface area contributed by atoms with Gasteiger partial charge in [0.1, 0.15) is 5.82 Å². The van der Waals surface area contributed by atoms with Gasteiger partial charge in [0.05, 0.1) is 6.33 Å². The summed E-state index contributed by atoms with van der Waals surface area (Å²) in [5.41, 5.74) is 1.27. The first-order valence-corrected chi connectivity index (χ1v) is 8.63. The standard InChI is InChI=1S/C18H25N5O/c1-19-17-12-15(6-7-21-17)16-4-2-10-23(13-16)18(24)5-3-9-22-11-8-20-14-22/h6-8,11-12,14,16H,2-5,9-10,13H2,1H3,(H,19,21)/t16-/m0/s1. The van der Waals surface area contributed by atoms with E-state index in [-0.39, 0.29) is 5.91 Å². The molecule has 1 amide bonds. The average Bonchev–Trinajstić information content (AvgIpc) is 3.15. The van der Waals surface area contributed by atoms with Gasteiger partial charge in [0.15, 0.2) is 0 Å². The van der Waals surface area contributed by atoms with Crippen LogP contribution in [0, 0.1) is 0 Å². The topological polar surface area (TPSA) is 63.1 Å². The summed E-state index contributed by atoms with van der Waals surface area (Å²) < 4.78 is 2.02. The number of nitrogens with zero attached hydrogens (tertiary/aromatic N) is 4. The lowest BCUT2D eigenvalue weighted by atomic mass is 9.91. The number of carbonyl (C=O) groups excluding carboxylic acids is 1. The summed E-state index contributed by atoms with van der Waals surface area (Å²) >= 11 is 0. The first-order chi connectivity index (χ1) is 11.8. The summed E-state index contributed by atoms with van der Waals surface area (Å²) in [7, 11) is 1.88. The van der Waals surface area contributed by atoms with Gasteiger partial charge in [0.2, 0.25) is 5.91 Å². The van der Waals surface area contributed by atoms with Gasteiger partial charge in [-0.3, -0.25) is 4.79 Å². The number of nitrogens with one attached hydrogen (secondary N) is 1.